The maximum Gasteiger partial charge on any atom is 0.312 e. The molecule has 0 saturated carbocycles. The van der Waals surface area contributed by atoms with Gasteiger partial charge < -0.3 is 37.4 Å². The van der Waals surface area contributed by atoms with Crippen molar-refractivity contribution >= 4 is 35.5 Å². The van der Waals surface area contributed by atoms with E-state index >= 15 is 0 Å². The van der Waals surface area contributed by atoms with Crippen molar-refractivity contribution in [3.05, 3.63) is 35.4 Å². The molecule has 8 N–H and O–H groups in total. The Labute approximate surface area is 170 Å². The molecule has 0 unspecified atom stereocenters. The van der Waals surface area contributed by atoms with E-state index in [9.17, 15) is 28.8 Å². The number of rotatable bonds is 11. The number of hydrogen-bond donors (Lipinski definition) is 7. The second-order valence-electron chi connectivity index (χ2n) is 5.69. The Hall–Kier alpha value is -4.00. The minimum absolute atomic E-state index is 0.0157. The molecule has 13 nitrogen and oxygen atoms in total. The Morgan fingerprint density at radius 3 is 1.50 bits per heavy atom. The first-order valence-corrected chi connectivity index (χ1v) is 8.61. The molecule has 5 amide bonds. The van der Waals surface area contributed by atoms with Gasteiger partial charge in [0.1, 0.15) is 12.8 Å². The zero-order chi connectivity index (χ0) is 22.5. The molecule has 1 aromatic carbocycles. The lowest BCUT2D eigenvalue weighted by Gasteiger charge is -2.09. The molecule has 0 atom stereocenters. The van der Waals surface area contributed by atoms with Crippen LogP contribution in [0.15, 0.2) is 24.3 Å². The molecule has 0 aliphatic carbocycles. The average Bonchev–Trinajstić information content (AvgIpc) is 2.67. The van der Waals surface area contributed by atoms with Gasteiger partial charge >= 0.3 is 5.97 Å². The van der Waals surface area contributed by atoms with Crippen molar-refractivity contribution in [3.8, 4) is 0 Å². The maximum absolute atomic E-state index is 12.0. The highest BCUT2D eigenvalue weighted by atomic mass is 16.4. The molecule has 0 radical (unpaired) electrons. The summed E-state index contributed by atoms with van der Waals surface area (Å²) >= 11 is 0. The lowest BCUT2D eigenvalue weighted by atomic mass is 10.1. The summed E-state index contributed by atoms with van der Waals surface area (Å²) in [6, 6.07) is 5.74. The first kappa shape index (κ1) is 24.0. The molecule has 162 valence electrons. The number of carboxylic acid groups (broad SMARTS) is 1. The third kappa shape index (κ3) is 9.27. The summed E-state index contributed by atoms with van der Waals surface area (Å²) < 4.78 is 0. The summed E-state index contributed by atoms with van der Waals surface area (Å²) in [6.45, 7) is -0.581. The minimum atomic E-state index is -1.31. The molecule has 0 fully saturated rings. The fraction of sp³-hybridized carbons (Fsp3) is 0.294. The van der Waals surface area contributed by atoms with Crippen LogP contribution in [0.2, 0.25) is 0 Å². The van der Waals surface area contributed by atoms with Crippen LogP contribution in [-0.2, 0) is 19.2 Å². The van der Waals surface area contributed by atoms with Crippen LogP contribution in [0.5, 0.6) is 0 Å². The maximum atomic E-state index is 12.0. The van der Waals surface area contributed by atoms with Crippen LogP contribution in [0.4, 0.5) is 0 Å². The molecule has 0 heterocycles. The van der Waals surface area contributed by atoms with E-state index in [0.29, 0.717) is 5.56 Å². The van der Waals surface area contributed by atoms with Crippen LogP contribution in [0.25, 0.3) is 0 Å². The van der Waals surface area contributed by atoms with Crippen molar-refractivity contribution in [2.24, 2.45) is 5.73 Å². The first-order chi connectivity index (χ1) is 14.2. The van der Waals surface area contributed by atoms with E-state index in [0.717, 1.165) is 0 Å². The Kier molecular flexibility index (Phi) is 9.98. The van der Waals surface area contributed by atoms with E-state index in [1.54, 1.807) is 0 Å². The number of carboxylic acids is 1. The predicted molar refractivity (Wildman–Crippen MR) is 101 cm³/mol. The molecular weight excluding hydrogens is 400 g/mol. The van der Waals surface area contributed by atoms with Gasteiger partial charge in [0.2, 0.25) is 17.7 Å². The van der Waals surface area contributed by atoms with Gasteiger partial charge in [-0.3, -0.25) is 28.8 Å². The van der Waals surface area contributed by atoms with E-state index in [1.807, 2.05) is 0 Å². The van der Waals surface area contributed by atoms with Crippen molar-refractivity contribution in [1.82, 2.24) is 26.6 Å². The number of hydrogen-bond acceptors (Lipinski definition) is 7. The van der Waals surface area contributed by atoms with Gasteiger partial charge in [0.05, 0.1) is 20.0 Å². The number of carbonyl (C=O) groups is 6. The third-order valence-corrected chi connectivity index (χ3v) is 3.41. The summed E-state index contributed by atoms with van der Waals surface area (Å²) in [6.07, 6.45) is -1.30. The van der Waals surface area contributed by atoms with Crippen LogP contribution < -0.4 is 32.3 Å². The van der Waals surface area contributed by atoms with Gasteiger partial charge in [0.15, 0.2) is 0 Å². The standard InChI is InChI=1S/C17H22N6O7/c18-7-19-16(29)10-1-3-11(4-2-10)17(30)23-9-22-13(25)5-12(24)20-8-21-14(26)6-15(27)28/h1-4H,5-9,18H2,(H,19,29)(H,20,24)(H,21,26)(H,22,25)(H,23,30)(H,27,28). The van der Waals surface area contributed by atoms with Crippen LogP contribution in [0, 0.1) is 0 Å². The van der Waals surface area contributed by atoms with Gasteiger partial charge in [-0.25, -0.2) is 0 Å². The quantitative estimate of drug-likeness (QED) is 0.146. The van der Waals surface area contributed by atoms with E-state index in [4.69, 9.17) is 10.8 Å². The van der Waals surface area contributed by atoms with Gasteiger partial charge in [-0.15, -0.1) is 0 Å². The smallest absolute Gasteiger partial charge is 0.312 e. The van der Waals surface area contributed by atoms with Crippen LogP contribution in [0.3, 0.4) is 0 Å². The number of carbonyl (C=O) groups excluding carboxylic acids is 5. The fourth-order valence-electron chi connectivity index (χ4n) is 2.00. The SMILES string of the molecule is NCNC(=O)c1ccc(C(=O)NCNC(=O)CC(=O)NCNC(=O)CC(=O)O)cc1. The molecule has 0 aromatic heterocycles. The molecule has 1 rings (SSSR count). The Bertz CT molecular complexity index is 809. The lowest BCUT2D eigenvalue weighted by Crippen LogP contribution is -2.42. The van der Waals surface area contributed by atoms with Crippen molar-refractivity contribution in [3.63, 3.8) is 0 Å². The monoisotopic (exact) mass is 422 g/mol. The lowest BCUT2D eigenvalue weighted by molar-refractivity contribution is -0.140. The molecule has 0 spiro atoms. The summed E-state index contributed by atoms with van der Waals surface area (Å²) in [4.78, 5) is 68.2. The van der Waals surface area contributed by atoms with Crippen molar-refractivity contribution in [2.45, 2.75) is 12.8 Å². The third-order valence-electron chi connectivity index (χ3n) is 3.41. The molecule has 13 heteroatoms. The topological polar surface area (TPSA) is 209 Å². The number of amides is 5. The molecule has 0 saturated heterocycles. The summed E-state index contributed by atoms with van der Waals surface area (Å²) in [5.74, 6) is -4.38. The Morgan fingerprint density at radius 1 is 0.667 bits per heavy atom. The normalized spacial score (nSPS) is 9.77. The summed E-state index contributed by atoms with van der Waals surface area (Å²) in [5.41, 5.74) is 5.80. The number of nitrogens with two attached hydrogens (primary N) is 1. The number of aliphatic carboxylic acids is 1. The largest absolute Gasteiger partial charge is 0.481 e. The molecule has 30 heavy (non-hydrogen) atoms. The minimum Gasteiger partial charge on any atom is -0.481 e. The van der Waals surface area contributed by atoms with E-state index in [2.05, 4.69) is 26.6 Å². The highest BCUT2D eigenvalue weighted by Crippen LogP contribution is 2.04. The molecule has 0 bridgehead atoms. The molecular formula is C17H22N6O7. The van der Waals surface area contributed by atoms with Gasteiger partial charge in [-0.1, -0.05) is 0 Å². The van der Waals surface area contributed by atoms with Crippen LogP contribution in [-0.4, -0.2) is 60.6 Å². The van der Waals surface area contributed by atoms with Gasteiger partial charge in [-0.2, -0.15) is 0 Å². The zero-order valence-corrected chi connectivity index (χ0v) is 15.8. The second kappa shape index (κ2) is 12.5. The first-order valence-electron chi connectivity index (χ1n) is 8.61. The zero-order valence-electron chi connectivity index (χ0n) is 15.8. The van der Waals surface area contributed by atoms with Gasteiger partial charge in [0.25, 0.3) is 11.8 Å². The molecule has 0 aliphatic heterocycles. The highest BCUT2D eigenvalue weighted by molar-refractivity contribution is 5.99. The van der Waals surface area contributed by atoms with Crippen LogP contribution >= 0.6 is 0 Å². The van der Waals surface area contributed by atoms with Gasteiger partial charge in [-0.05, 0) is 24.3 Å². The van der Waals surface area contributed by atoms with Crippen molar-refractivity contribution < 1.29 is 33.9 Å². The van der Waals surface area contributed by atoms with E-state index < -0.39 is 42.4 Å². The highest BCUT2D eigenvalue weighted by Gasteiger charge is 2.12. The fourth-order valence-corrected chi connectivity index (χ4v) is 2.00. The molecule has 1 aromatic rings. The predicted octanol–water partition coefficient (Wildman–Crippen LogP) is -2.81. The van der Waals surface area contributed by atoms with E-state index in [-0.39, 0.29) is 31.5 Å². The average molecular weight is 422 g/mol. The number of benzene rings is 1. The van der Waals surface area contributed by atoms with Crippen LogP contribution in [0.1, 0.15) is 33.6 Å². The van der Waals surface area contributed by atoms with Crippen molar-refractivity contribution in [2.75, 3.05) is 20.0 Å². The molecule has 0 aliphatic rings. The van der Waals surface area contributed by atoms with Crippen molar-refractivity contribution in [1.29, 1.82) is 0 Å². The van der Waals surface area contributed by atoms with E-state index in [1.165, 1.54) is 24.3 Å². The summed E-state index contributed by atoms with van der Waals surface area (Å²) in [5, 5.41) is 19.9. The second-order valence-corrected chi connectivity index (χ2v) is 5.69. The number of nitrogens with one attached hydrogen (secondary N) is 5. The van der Waals surface area contributed by atoms with Gasteiger partial charge in [0, 0.05) is 11.1 Å². The summed E-state index contributed by atoms with van der Waals surface area (Å²) in [7, 11) is 0. The Morgan fingerprint density at radius 2 is 1.07 bits per heavy atom. The Balaban J connectivity index is 2.29.